The van der Waals surface area contributed by atoms with Crippen LogP contribution in [0.1, 0.15) is 11.9 Å². The lowest BCUT2D eigenvalue weighted by atomic mass is 10.4. The van der Waals surface area contributed by atoms with Crippen molar-refractivity contribution >= 4 is 11.3 Å². The highest BCUT2D eigenvalue weighted by atomic mass is 32.1. The average Bonchev–Trinajstić information content (AvgIpc) is 2.52. The molecule has 0 bridgehead atoms. The number of aromatic nitrogens is 2. The van der Waals surface area contributed by atoms with Crippen molar-refractivity contribution in [3.05, 3.63) is 5.01 Å². The summed E-state index contributed by atoms with van der Waals surface area (Å²) < 4.78 is 41.5. The summed E-state index contributed by atoms with van der Waals surface area (Å²) in [6, 6.07) is 0. The molecule has 0 fully saturated rings. The summed E-state index contributed by atoms with van der Waals surface area (Å²) in [5.74, 6) is 0. The fourth-order valence-corrected chi connectivity index (χ4v) is 1.53. The number of hydrogen-bond acceptors (Lipinski definition) is 5. The first-order chi connectivity index (χ1) is 6.93. The van der Waals surface area contributed by atoms with Crippen molar-refractivity contribution in [2.75, 3.05) is 13.6 Å². The molecule has 1 unspecified atom stereocenters. The van der Waals surface area contributed by atoms with Gasteiger partial charge in [0.1, 0.15) is 6.10 Å². The standard InChI is InChI=1S/C7H10F3N3OS/c1-4(3-11-2)14-6-13-12-5(15-6)7(8,9)10/h4,11H,3H2,1-2H3. The van der Waals surface area contributed by atoms with Crippen molar-refractivity contribution in [2.45, 2.75) is 19.2 Å². The Morgan fingerprint density at radius 3 is 2.60 bits per heavy atom. The molecule has 0 spiro atoms. The highest BCUT2D eigenvalue weighted by Crippen LogP contribution is 2.34. The highest BCUT2D eigenvalue weighted by molar-refractivity contribution is 7.13. The molecule has 0 aliphatic carbocycles. The van der Waals surface area contributed by atoms with Gasteiger partial charge in [-0.15, -0.1) is 5.10 Å². The summed E-state index contributed by atoms with van der Waals surface area (Å²) in [6.07, 6.45) is -4.70. The van der Waals surface area contributed by atoms with Crippen LogP contribution in [0.25, 0.3) is 0 Å². The summed E-state index contributed by atoms with van der Waals surface area (Å²) in [5, 5.41) is 8.08. The van der Waals surface area contributed by atoms with Gasteiger partial charge in [-0.2, -0.15) is 13.2 Å². The second-order valence-corrected chi connectivity index (χ2v) is 3.80. The fraction of sp³-hybridized carbons (Fsp3) is 0.714. The van der Waals surface area contributed by atoms with Crippen LogP contribution in [-0.2, 0) is 6.18 Å². The number of alkyl halides is 3. The first-order valence-corrected chi connectivity index (χ1v) is 4.97. The zero-order valence-corrected chi connectivity index (χ0v) is 8.95. The number of halogens is 3. The van der Waals surface area contributed by atoms with Gasteiger partial charge in [0.2, 0.25) is 5.01 Å². The van der Waals surface area contributed by atoms with E-state index in [4.69, 9.17) is 4.74 Å². The lowest BCUT2D eigenvalue weighted by molar-refractivity contribution is -0.138. The largest absolute Gasteiger partial charge is 0.465 e. The number of nitrogens with one attached hydrogen (secondary N) is 1. The third-order valence-corrected chi connectivity index (χ3v) is 2.30. The van der Waals surface area contributed by atoms with Gasteiger partial charge in [-0.25, -0.2) is 0 Å². The lowest BCUT2D eigenvalue weighted by Gasteiger charge is -2.09. The Kier molecular flexibility index (Phi) is 3.86. The van der Waals surface area contributed by atoms with Crippen LogP contribution in [0, 0.1) is 0 Å². The Labute approximate surface area is 88.5 Å². The molecule has 0 saturated heterocycles. The SMILES string of the molecule is CNCC(C)Oc1nnc(C(F)(F)F)s1. The van der Waals surface area contributed by atoms with Crippen LogP contribution in [0.3, 0.4) is 0 Å². The maximum atomic E-state index is 12.1. The first-order valence-electron chi connectivity index (χ1n) is 4.15. The molecule has 86 valence electrons. The van der Waals surface area contributed by atoms with Crippen molar-refractivity contribution in [3.8, 4) is 5.19 Å². The minimum Gasteiger partial charge on any atom is -0.465 e. The van der Waals surface area contributed by atoms with Crippen LogP contribution < -0.4 is 10.1 Å². The zero-order chi connectivity index (χ0) is 11.5. The van der Waals surface area contributed by atoms with Gasteiger partial charge in [-0.05, 0) is 14.0 Å². The predicted molar refractivity (Wildman–Crippen MR) is 48.9 cm³/mol. The molecule has 0 amide bonds. The minimum absolute atomic E-state index is 0.0647. The second-order valence-electron chi connectivity index (χ2n) is 2.86. The minimum atomic E-state index is -4.45. The van der Waals surface area contributed by atoms with E-state index in [1.54, 1.807) is 14.0 Å². The number of rotatable bonds is 4. The van der Waals surface area contributed by atoms with E-state index in [9.17, 15) is 13.2 Å². The predicted octanol–water partition coefficient (Wildman–Crippen LogP) is 1.54. The third kappa shape index (κ3) is 3.63. The quantitative estimate of drug-likeness (QED) is 0.868. The molecule has 0 aliphatic rings. The molecule has 0 aliphatic heterocycles. The Hall–Kier alpha value is -0.890. The number of nitrogens with zero attached hydrogens (tertiary/aromatic N) is 2. The molecule has 0 saturated carbocycles. The average molecular weight is 241 g/mol. The Balaban J connectivity index is 2.61. The van der Waals surface area contributed by atoms with E-state index in [1.807, 2.05) is 0 Å². The maximum Gasteiger partial charge on any atom is 0.445 e. The third-order valence-electron chi connectivity index (χ3n) is 1.44. The topological polar surface area (TPSA) is 47.0 Å². The van der Waals surface area contributed by atoms with Crippen LogP contribution in [0.4, 0.5) is 13.2 Å². The number of hydrogen-bond donors (Lipinski definition) is 1. The molecule has 0 radical (unpaired) electrons. The van der Waals surface area contributed by atoms with Gasteiger partial charge in [-0.1, -0.05) is 16.4 Å². The van der Waals surface area contributed by atoms with Gasteiger partial charge in [0.15, 0.2) is 0 Å². The lowest BCUT2D eigenvalue weighted by Crippen LogP contribution is -2.25. The van der Waals surface area contributed by atoms with Crippen LogP contribution in [-0.4, -0.2) is 29.9 Å². The molecule has 1 aromatic heterocycles. The molecule has 15 heavy (non-hydrogen) atoms. The van der Waals surface area contributed by atoms with Crippen molar-refractivity contribution in [2.24, 2.45) is 0 Å². The van der Waals surface area contributed by atoms with Gasteiger partial charge in [0.25, 0.3) is 5.19 Å². The van der Waals surface area contributed by atoms with E-state index < -0.39 is 11.2 Å². The fourth-order valence-electron chi connectivity index (χ4n) is 0.873. The Morgan fingerprint density at radius 1 is 1.47 bits per heavy atom. The van der Waals surface area contributed by atoms with E-state index in [0.29, 0.717) is 17.9 Å². The molecule has 4 nitrogen and oxygen atoms in total. The monoisotopic (exact) mass is 241 g/mol. The van der Waals surface area contributed by atoms with E-state index in [1.165, 1.54) is 0 Å². The molecular weight excluding hydrogens is 231 g/mol. The van der Waals surface area contributed by atoms with Gasteiger partial charge >= 0.3 is 6.18 Å². The van der Waals surface area contributed by atoms with Crippen molar-refractivity contribution in [3.63, 3.8) is 0 Å². The molecule has 1 N–H and O–H groups in total. The van der Waals surface area contributed by atoms with Gasteiger partial charge < -0.3 is 10.1 Å². The second kappa shape index (κ2) is 4.75. The molecular formula is C7H10F3N3OS. The molecule has 1 rings (SSSR count). The molecule has 1 atom stereocenters. The summed E-state index contributed by atoms with van der Waals surface area (Å²) in [7, 11) is 1.72. The maximum absolute atomic E-state index is 12.1. The van der Waals surface area contributed by atoms with E-state index in [0.717, 1.165) is 0 Å². The van der Waals surface area contributed by atoms with Gasteiger partial charge in [0, 0.05) is 6.54 Å². The van der Waals surface area contributed by atoms with E-state index in [-0.39, 0.29) is 11.3 Å². The highest BCUT2D eigenvalue weighted by Gasteiger charge is 2.36. The number of likely N-dealkylation sites (N-methyl/N-ethyl adjacent to an activating group) is 1. The molecule has 8 heteroatoms. The Bertz CT molecular complexity index is 315. The van der Waals surface area contributed by atoms with Gasteiger partial charge in [-0.3, -0.25) is 0 Å². The normalized spacial score (nSPS) is 13.9. The van der Waals surface area contributed by atoms with Crippen LogP contribution in [0.5, 0.6) is 5.19 Å². The van der Waals surface area contributed by atoms with Crippen LogP contribution >= 0.6 is 11.3 Å². The molecule has 0 aromatic carbocycles. The summed E-state index contributed by atoms with van der Waals surface area (Å²) in [6.45, 7) is 2.26. The smallest absolute Gasteiger partial charge is 0.445 e. The van der Waals surface area contributed by atoms with E-state index >= 15 is 0 Å². The van der Waals surface area contributed by atoms with Crippen molar-refractivity contribution < 1.29 is 17.9 Å². The van der Waals surface area contributed by atoms with E-state index in [2.05, 4.69) is 15.5 Å². The summed E-state index contributed by atoms with van der Waals surface area (Å²) >= 11 is 0.397. The van der Waals surface area contributed by atoms with Crippen LogP contribution in [0.15, 0.2) is 0 Å². The first kappa shape index (κ1) is 12.2. The zero-order valence-electron chi connectivity index (χ0n) is 8.13. The number of ether oxygens (including phenoxy) is 1. The summed E-state index contributed by atoms with van der Waals surface area (Å²) in [5.41, 5.74) is 0. The summed E-state index contributed by atoms with van der Waals surface area (Å²) in [4.78, 5) is 0. The molecule has 1 aromatic rings. The molecule has 1 heterocycles. The van der Waals surface area contributed by atoms with Crippen molar-refractivity contribution in [1.29, 1.82) is 0 Å². The Morgan fingerprint density at radius 2 is 2.13 bits per heavy atom. The van der Waals surface area contributed by atoms with Crippen LogP contribution in [0.2, 0.25) is 0 Å². The van der Waals surface area contributed by atoms with Gasteiger partial charge in [0.05, 0.1) is 0 Å². The van der Waals surface area contributed by atoms with Crippen molar-refractivity contribution in [1.82, 2.24) is 15.5 Å².